The maximum atomic E-state index is 3.16. The third-order valence-electron chi connectivity index (χ3n) is 2.02. The molecule has 0 aromatic carbocycles. The summed E-state index contributed by atoms with van der Waals surface area (Å²) in [6.07, 6.45) is 4.85. The Morgan fingerprint density at radius 1 is 1.45 bits per heavy atom. The summed E-state index contributed by atoms with van der Waals surface area (Å²) >= 11 is 1.71. The fourth-order valence-corrected chi connectivity index (χ4v) is 2.23. The summed E-state index contributed by atoms with van der Waals surface area (Å²) in [5, 5.41) is 3.36. The molecule has 0 aliphatic carbocycles. The maximum absolute atomic E-state index is 3.16. The van der Waals surface area contributed by atoms with E-state index in [1.165, 1.54) is 31.0 Å². The maximum Gasteiger partial charge on any atom is 0.105 e. The second-order valence-electron chi connectivity index (χ2n) is 2.97. The van der Waals surface area contributed by atoms with Crippen LogP contribution in [0.3, 0.4) is 0 Å². The van der Waals surface area contributed by atoms with Gasteiger partial charge in [-0.05, 0) is 24.8 Å². The number of hydrogen-bond acceptors (Lipinski definition) is 4. The Balaban J connectivity index is 1.98. The second kappa shape index (κ2) is 2.95. The van der Waals surface area contributed by atoms with E-state index in [0.717, 1.165) is 0 Å². The van der Waals surface area contributed by atoms with Crippen LogP contribution in [0, 0.1) is 0 Å². The predicted molar refractivity (Wildman–Crippen MR) is 47.4 cm³/mol. The summed E-state index contributed by atoms with van der Waals surface area (Å²) in [6, 6.07) is 0. The molecule has 1 fully saturated rings. The number of nitrogens with zero attached hydrogens (tertiary/aromatic N) is 2. The van der Waals surface area contributed by atoms with Crippen LogP contribution >= 0.6 is 11.9 Å². The topological polar surface area (TPSA) is 18.5 Å². The molecule has 0 aromatic rings. The zero-order valence-electron chi connectivity index (χ0n) is 6.71. The molecule has 0 aromatic heterocycles. The van der Waals surface area contributed by atoms with Crippen LogP contribution in [0.5, 0.6) is 0 Å². The molecule has 0 unspecified atom stereocenters. The smallest absolute Gasteiger partial charge is 0.105 e. The van der Waals surface area contributed by atoms with Crippen LogP contribution in [-0.4, -0.2) is 30.0 Å². The van der Waals surface area contributed by atoms with Gasteiger partial charge in [0.15, 0.2) is 0 Å². The van der Waals surface area contributed by atoms with Crippen LogP contribution in [0.4, 0.5) is 0 Å². The van der Waals surface area contributed by atoms with E-state index in [1.54, 1.807) is 11.9 Å². The minimum atomic E-state index is 1.23. The lowest BCUT2D eigenvalue weighted by molar-refractivity contribution is 0.420. The fraction of sp³-hybridized carbons (Fsp3) is 0.714. The van der Waals surface area contributed by atoms with Crippen LogP contribution in [0.15, 0.2) is 11.2 Å². The van der Waals surface area contributed by atoms with Gasteiger partial charge >= 0.3 is 0 Å². The van der Waals surface area contributed by atoms with Gasteiger partial charge < -0.3 is 9.91 Å². The molecule has 62 valence electrons. The molecular formula is C7H13N3S. The third kappa shape index (κ3) is 1.46. The molecule has 0 saturated carbocycles. The van der Waals surface area contributed by atoms with E-state index in [4.69, 9.17) is 0 Å². The van der Waals surface area contributed by atoms with Gasteiger partial charge in [-0.15, -0.1) is 0 Å². The Morgan fingerprint density at radius 2 is 2.18 bits per heavy atom. The lowest BCUT2D eigenvalue weighted by atomic mass is 10.4. The minimum absolute atomic E-state index is 1.23. The van der Waals surface area contributed by atoms with Gasteiger partial charge in [0.05, 0.1) is 0 Å². The fourth-order valence-electron chi connectivity index (χ4n) is 1.42. The molecule has 1 N–H and O–H groups in total. The van der Waals surface area contributed by atoms with Crippen molar-refractivity contribution in [3.05, 3.63) is 11.2 Å². The average Bonchev–Trinajstić information content (AvgIpc) is 2.55. The standard InChI is InChI=1S/C7H13N3S/c1-9-6-7(11-8-9)10-4-2-3-5-10/h6,8H,2-5H2,1H3. The van der Waals surface area contributed by atoms with Crippen molar-refractivity contribution in [2.75, 3.05) is 20.1 Å². The number of likely N-dealkylation sites (tertiary alicyclic amines) is 1. The van der Waals surface area contributed by atoms with E-state index < -0.39 is 0 Å². The zero-order chi connectivity index (χ0) is 7.68. The molecular weight excluding hydrogens is 158 g/mol. The van der Waals surface area contributed by atoms with Crippen molar-refractivity contribution < 1.29 is 0 Å². The van der Waals surface area contributed by atoms with Crippen LogP contribution in [0.25, 0.3) is 0 Å². The SMILES string of the molecule is CN1C=C(N2CCCC2)SN1. The summed E-state index contributed by atoms with van der Waals surface area (Å²) in [4.78, 5) is 5.59. The van der Waals surface area contributed by atoms with Gasteiger partial charge in [-0.3, -0.25) is 0 Å². The normalized spacial score (nSPS) is 24.6. The first kappa shape index (κ1) is 7.31. The molecule has 2 aliphatic heterocycles. The van der Waals surface area contributed by atoms with Gasteiger partial charge in [0.1, 0.15) is 5.03 Å². The summed E-state index contributed by atoms with van der Waals surface area (Å²) in [6.45, 7) is 2.46. The molecule has 3 nitrogen and oxygen atoms in total. The Labute approximate surface area is 71.5 Å². The highest BCUT2D eigenvalue weighted by Crippen LogP contribution is 2.26. The van der Waals surface area contributed by atoms with Crippen molar-refractivity contribution in [1.29, 1.82) is 0 Å². The Hall–Kier alpha value is -0.350. The van der Waals surface area contributed by atoms with E-state index in [-0.39, 0.29) is 0 Å². The van der Waals surface area contributed by atoms with Crippen LogP contribution in [-0.2, 0) is 0 Å². The minimum Gasteiger partial charge on any atom is -0.364 e. The van der Waals surface area contributed by atoms with Gasteiger partial charge in [-0.2, -0.15) is 4.83 Å². The molecule has 2 aliphatic rings. The van der Waals surface area contributed by atoms with Crippen molar-refractivity contribution in [3.8, 4) is 0 Å². The van der Waals surface area contributed by atoms with Gasteiger partial charge in [0.2, 0.25) is 0 Å². The van der Waals surface area contributed by atoms with Gasteiger partial charge in [0, 0.05) is 26.3 Å². The number of nitrogens with one attached hydrogen (secondary N) is 1. The predicted octanol–water partition coefficient (Wildman–Crippen LogP) is 0.979. The lowest BCUT2D eigenvalue weighted by Gasteiger charge is -2.15. The third-order valence-corrected chi connectivity index (χ3v) is 2.97. The van der Waals surface area contributed by atoms with E-state index in [0.29, 0.717) is 0 Å². The monoisotopic (exact) mass is 171 g/mol. The summed E-state index contributed by atoms with van der Waals surface area (Å²) in [5.74, 6) is 0. The Morgan fingerprint density at radius 3 is 2.73 bits per heavy atom. The molecule has 4 heteroatoms. The van der Waals surface area contributed by atoms with Gasteiger partial charge in [-0.25, -0.2) is 0 Å². The second-order valence-corrected chi connectivity index (χ2v) is 3.77. The Bertz CT molecular complexity index is 175. The van der Waals surface area contributed by atoms with Crippen LogP contribution in [0.1, 0.15) is 12.8 Å². The van der Waals surface area contributed by atoms with E-state index in [2.05, 4.69) is 15.9 Å². The lowest BCUT2D eigenvalue weighted by Crippen LogP contribution is -2.17. The molecule has 0 bridgehead atoms. The summed E-state index contributed by atoms with van der Waals surface area (Å²) < 4.78 is 0. The molecule has 2 rings (SSSR count). The van der Waals surface area contributed by atoms with E-state index in [1.807, 2.05) is 12.1 Å². The first-order valence-corrected chi connectivity index (χ1v) is 4.80. The molecule has 11 heavy (non-hydrogen) atoms. The highest BCUT2D eigenvalue weighted by atomic mass is 32.2. The van der Waals surface area contributed by atoms with Crippen molar-refractivity contribution in [3.63, 3.8) is 0 Å². The molecule has 0 atom stereocenters. The molecule has 0 amide bonds. The largest absolute Gasteiger partial charge is 0.364 e. The quantitative estimate of drug-likeness (QED) is 0.592. The van der Waals surface area contributed by atoms with Crippen molar-refractivity contribution in [2.24, 2.45) is 0 Å². The number of hydrazine groups is 1. The van der Waals surface area contributed by atoms with Gasteiger partial charge in [-0.1, -0.05) is 0 Å². The highest BCUT2D eigenvalue weighted by molar-refractivity contribution is 8.01. The molecule has 0 radical (unpaired) electrons. The molecule has 1 saturated heterocycles. The summed E-state index contributed by atoms with van der Waals surface area (Å²) in [5.41, 5.74) is 0. The van der Waals surface area contributed by atoms with Crippen LogP contribution in [0.2, 0.25) is 0 Å². The van der Waals surface area contributed by atoms with E-state index in [9.17, 15) is 0 Å². The van der Waals surface area contributed by atoms with Crippen molar-refractivity contribution in [2.45, 2.75) is 12.8 Å². The van der Waals surface area contributed by atoms with Crippen molar-refractivity contribution in [1.82, 2.24) is 14.7 Å². The number of rotatable bonds is 1. The highest BCUT2D eigenvalue weighted by Gasteiger charge is 2.19. The first-order valence-electron chi connectivity index (χ1n) is 3.98. The molecule has 2 heterocycles. The summed E-state index contributed by atoms with van der Waals surface area (Å²) in [7, 11) is 2.02. The van der Waals surface area contributed by atoms with E-state index >= 15 is 0 Å². The van der Waals surface area contributed by atoms with Crippen LogP contribution < -0.4 is 4.83 Å². The average molecular weight is 171 g/mol. The first-order chi connectivity index (χ1) is 5.36. The van der Waals surface area contributed by atoms with Crippen molar-refractivity contribution >= 4 is 11.9 Å². The van der Waals surface area contributed by atoms with Gasteiger partial charge in [0.25, 0.3) is 0 Å². The number of hydrogen-bond donors (Lipinski definition) is 1. The Kier molecular flexibility index (Phi) is 1.96. The zero-order valence-corrected chi connectivity index (χ0v) is 7.52. The molecule has 0 spiro atoms.